The van der Waals surface area contributed by atoms with Gasteiger partial charge in [0.1, 0.15) is 0 Å². The maximum atomic E-state index is 12.3. The Morgan fingerprint density at radius 2 is 2.23 bits per heavy atom. The van der Waals surface area contributed by atoms with Crippen LogP contribution in [0.1, 0.15) is 19.0 Å². The minimum absolute atomic E-state index is 0.00249. The number of carbonyl (C=O) groups is 1. The number of aromatic nitrogens is 1. The second-order valence-corrected chi connectivity index (χ2v) is 5.79. The zero-order chi connectivity index (χ0) is 15.9. The number of aryl methyl sites for hydroxylation is 1. The van der Waals surface area contributed by atoms with Crippen molar-refractivity contribution < 1.29 is 9.53 Å². The van der Waals surface area contributed by atoms with Crippen molar-refractivity contribution in [2.45, 2.75) is 26.3 Å². The van der Waals surface area contributed by atoms with Gasteiger partial charge in [-0.05, 0) is 32.4 Å². The molecule has 0 saturated carbocycles. The predicted molar refractivity (Wildman–Crippen MR) is 87.2 cm³/mol. The molecule has 6 heteroatoms. The van der Waals surface area contributed by atoms with Crippen molar-refractivity contribution >= 4 is 11.7 Å². The van der Waals surface area contributed by atoms with E-state index in [1.54, 1.807) is 7.11 Å². The Balaban J connectivity index is 1.91. The summed E-state index contributed by atoms with van der Waals surface area (Å²) in [7, 11) is 1.64. The lowest BCUT2D eigenvalue weighted by molar-refractivity contribution is 0.160. The first-order valence-electron chi connectivity index (χ1n) is 7.82. The average Bonchev–Trinajstić information content (AvgIpc) is 2.73. The third kappa shape index (κ3) is 4.59. The van der Waals surface area contributed by atoms with E-state index in [4.69, 9.17) is 4.74 Å². The molecule has 1 unspecified atom stereocenters. The first-order chi connectivity index (χ1) is 10.6. The smallest absolute Gasteiger partial charge is 0.317 e. The molecule has 0 bridgehead atoms. The highest BCUT2D eigenvalue weighted by molar-refractivity contribution is 5.74. The Hall–Kier alpha value is -1.82. The van der Waals surface area contributed by atoms with E-state index in [1.807, 2.05) is 31.0 Å². The molecule has 1 aromatic heterocycles. The fourth-order valence-electron chi connectivity index (χ4n) is 2.70. The fourth-order valence-corrected chi connectivity index (χ4v) is 2.70. The van der Waals surface area contributed by atoms with Gasteiger partial charge >= 0.3 is 6.03 Å². The van der Waals surface area contributed by atoms with Crippen LogP contribution in [-0.4, -0.2) is 61.9 Å². The van der Waals surface area contributed by atoms with Crippen molar-refractivity contribution in [3.63, 3.8) is 0 Å². The number of carbonyl (C=O) groups excluding carboxylic acids is 1. The molecule has 1 atom stereocenters. The number of urea groups is 1. The fraction of sp³-hybridized carbons (Fsp3) is 0.625. The number of anilines is 1. The van der Waals surface area contributed by atoms with Crippen LogP contribution in [0.2, 0.25) is 0 Å². The first kappa shape index (κ1) is 16.5. The van der Waals surface area contributed by atoms with Gasteiger partial charge in [-0.2, -0.15) is 0 Å². The van der Waals surface area contributed by atoms with Crippen LogP contribution in [0.5, 0.6) is 0 Å². The van der Waals surface area contributed by atoms with Crippen LogP contribution < -0.4 is 10.2 Å². The highest BCUT2D eigenvalue weighted by atomic mass is 16.5. The maximum Gasteiger partial charge on any atom is 0.317 e. The van der Waals surface area contributed by atoms with Gasteiger partial charge in [-0.1, -0.05) is 0 Å². The van der Waals surface area contributed by atoms with Gasteiger partial charge in [0.2, 0.25) is 0 Å². The van der Waals surface area contributed by atoms with Crippen molar-refractivity contribution in [2.24, 2.45) is 0 Å². The standard InChI is InChI=1S/C16H26N4O2/c1-13-11-15(5-6-17-13)19-7-4-8-20(10-9-19)16(21)18-14(2)12-22-3/h5-6,11,14H,4,7-10,12H2,1-3H3,(H,18,21). The number of nitrogens with zero attached hydrogens (tertiary/aromatic N) is 3. The highest BCUT2D eigenvalue weighted by Gasteiger charge is 2.20. The number of hydrogen-bond donors (Lipinski definition) is 1. The number of amides is 2. The molecular formula is C16H26N4O2. The average molecular weight is 306 g/mol. The Morgan fingerprint density at radius 1 is 1.41 bits per heavy atom. The van der Waals surface area contributed by atoms with Crippen LogP contribution in [0.15, 0.2) is 18.3 Å². The molecule has 2 amide bonds. The minimum Gasteiger partial charge on any atom is -0.383 e. The van der Waals surface area contributed by atoms with E-state index >= 15 is 0 Å². The van der Waals surface area contributed by atoms with E-state index in [-0.39, 0.29) is 12.1 Å². The third-order valence-electron chi connectivity index (χ3n) is 3.82. The molecule has 1 aliphatic heterocycles. The normalized spacial score (nSPS) is 17.0. The molecule has 1 saturated heterocycles. The molecule has 2 rings (SSSR count). The van der Waals surface area contributed by atoms with Gasteiger partial charge in [0.05, 0.1) is 12.6 Å². The molecule has 22 heavy (non-hydrogen) atoms. The van der Waals surface area contributed by atoms with Crippen LogP contribution >= 0.6 is 0 Å². The Labute approximate surface area is 132 Å². The third-order valence-corrected chi connectivity index (χ3v) is 3.82. The topological polar surface area (TPSA) is 57.7 Å². The molecule has 0 spiro atoms. The van der Waals surface area contributed by atoms with Crippen molar-refractivity contribution in [3.8, 4) is 0 Å². The van der Waals surface area contributed by atoms with Crippen molar-refractivity contribution in [1.29, 1.82) is 0 Å². The molecule has 0 radical (unpaired) electrons. The molecule has 0 aliphatic carbocycles. The van der Waals surface area contributed by atoms with E-state index < -0.39 is 0 Å². The highest BCUT2D eigenvalue weighted by Crippen LogP contribution is 2.16. The zero-order valence-corrected chi connectivity index (χ0v) is 13.7. The summed E-state index contributed by atoms with van der Waals surface area (Å²) in [4.78, 5) is 20.7. The summed E-state index contributed by atoms with van der Waals surface area (Å²) in [5.74, 6) is 0. The molecule has 1 aromatic rings. The summed E-state index contributed by atoms with van der Waals surface area (Å²) >= 11 is 0. The van der Waals surface area contributed by atoms with Crippen LogP contribution in [0.4, 0.5) is 10.5 Å². The van der Waals surface area contributed by atoms with E-state index in [1.165, 1.54) is 5.69 Å². The Bertz CT molecular complexity index is 495. The van der Waals surface area contributed by atoms with Gasteiger partial charge in [-0.15, -0.1) is 0 Å². The van der Waals surface area contributed by atoms with E-state index in [9.17, 15) is 4.79 Å². The van der Waals surface area contributed by atoms with Crippen LogP contribution in [-0.2, 0) is 4.74 Å². The second-order valence-electron chi connectivity index (χ2n) is 5.79. The van der Waals surface area contributed by atoms with Gasteiger partial charge < -0.3 is 19.9 Å². The SMILES string of the molecule is COCC(C)NC(=O)N1CCCN(c2ccnc(C)c2)CC1. The van der Waals surface area contributed by atoms with Gasteiger partial charge in [0.25, 0.3) is 0 Å². The summed E-state index contributed by atoms with van der Waals surface area (Å²) in [6, 6.07) is 4.15. The molecule has 0 aromatic carbocycles. The zero-order valence-electron chi connectivity index (χ0n) is 13.7. The number of rotatable bonds is 4. The summed E-state index contributed by atoms with van der Waals surface area (Å²) in [5, 5.41) is 2.98. The van der Waals surface area contributed by atoms with Crippen LogP contribution in [0.3, 0.4) is 0 Å². The van der Waals surface area contributed by atoms with Crippen molar-refractivity contribution in [1.82, 2.24) is 15.2 Å². The molecule has 2 heterocycles. The minimum atomic E-state index is -0.00249. The van der Waals surface area contributed by atoms with Gasteiger partial charge in [0, 0.05) is 50.9 Å². The lowest BCUT2D eigenvalue weighted by Crippen LogP contribution is -2.46. The number of methoxy groups -OCH3 is 1. The first-order valence-corrected chi connectivity index (χ1v) is 7.82. The van der Waals surface area contributed by atoms with E-state index in [2.05, 4.69) is 21.3 Å². The molecule has 1 N–H and O–H groups in total. The van der Waals surface area contributed by atoms with E-state index in [0.717, 1.165) is 38.3 Å². The van der Waals surface area contributed by atoms with Crippen molar-refractivity contribution in [3.05, 3.63) is 24.0 Å². The van der Waals surface area contributed by atoms with Crippen LogP contribution in [0.25, 0.3) is 0 Å². The van der Waals surface area contributed by atoms with E-state index in [0.29, 0.717) is 6.61 Å². The number of hydrogen-bond acceptors (Lipinski definition) is 4. The lowest BCUT2D eigenvalue weighted by atomic mass is 10.3. The Kier molecular flexibility index (Phi) is 6.00. The number of pyridine rings is 1. The second kappa shape index (κ2) is 7.98. The van der Waals surface area contributed by atoms with Gasteiger partial charge in [-0.25, -0.2) is 4.79 Å². The predicted octanol–water partition coefficient (Wildman–Crippen LogP) is 1.65. The summed E-state index contributed by atoms with van der Waals surface area (Å²) in [6.07, 6.45) is 2.81. The maximum absolute atomic E-state index is 12.3. The monoisotopic (exact) mass is 306 g/mol. The molecule has 1 fully saturated rings. The molecule has 6 nitrogen and oxygen atoms in total. The largest absolute Gasteiger partial charge is 0.383 e. The molecular weight excluding hydrogens is 280 g/mol. The van der Waals surface area contributed by atoms with Gasteiger partial charge in [0.15, 0.2) is 0 Å². The van der Waals surface area contributed by atoms with Crippen molar-refractivity contribution in [2.75, 3.05) is 44.8 Å². The Morgan fingerprint density at radius 3 is 2.95 bits per heavy atom. The number of ether oxygens (including phenoxy) is 1. The van der Waals surface area contributed by atoms with Crippen LogP contribution in [0, 0.1) is 6.92 Å². The molecule has 1 aliphatic rings. The quantitative estimate of drug-likeness (QED) is 0.919. The molecule has 122 valence electrons. The summed E-state index contributed by atoms with van der Waals surface area (Å²) < 4.78 is 5.06. The van der Waals surface area contributed by atoms with Gasteiger partial charge in [-0.3, -0.25) is 4.98 Å². The summed E-state index contributed by atoms with van der Waals surface area (Å²) in [5.41, 5.74) is 2.20. The number of nitrogens with one attached hydrogen (secondary N) is 1. The lowest BCUT2D eigenvalue weighted by Gasteiger charge is -2.25. The summed E-state index contributed by atoms with van der Waals surface area (Å²) in [6.45, 7) is 7.79.